The molecule has 0 aliphatic rings. The average Bonchev–Trinajstić information content (AvgIpc) is 2.51. The predicted molar refractivity (Wildman–Crippen MR) is 101 cm³/mol. The van der Waals surface area contributed by atoms with Gasteiger partial charge in [0.2, 0.25) is 5.88 Å². The lowest BCUT2D eigenvalue weighted by Crippen LogP contribution is -2.22. The van der Waals surface area contributed by atoms with Gasteiger partial charge in [0.25, 0.3) is 6.43 Å². The van der Waals surface area contributed by atoms with E-state index in [1.54, 1.807) is 12.1 Å². The summed E-state index contributed by atoms with van der Waals surface area (Å²) in [6.07, 6.45) is -2.53. The maximum Gasteiger partial charge on any atom is 0.272 e. The molecule has 0 aliphatic carbocycles. The summed E-state index contributed by atoms with van der Waals surface area (Å²) in [6.45, 7) is 1.51. The van der Waals surface area contributed by atoms with E-state index in [0.29, 0.717) is 5.69 Å². The van der Waals surface area contributed by atoms with Crippen LogP contribution >= 0.6 is 24.0 Å². The number of aromatic nitrogens is 1. The predicted octanol–water partition coefficient (Wildman–Crippen LogP) is 3.58. The molecule has 0 atom stereocenters. The molecule has 0 amide bonds. The molecule has 0 fully saturated rings. The van der Waals surface area contributed by atoms with Crippen molar-refractivity contribution in [2.24, 2.45) is 10.7 Å². The van der Waals surface area contributed by atoms with Crippen LogP contribution in [0.4, 0.5) is 14.5 Å². The van der Waals surface area contributed by atoms with Gasteiger partial charge < -0.3 is 15.8 Å². The number of nitrogens with one attached hydrogen (secondary N) is 1. The second kappa shape index (κ2) is 10.0. The van der Waals surface area contributed by atoms with Gasteiger partial charge in [0, 0.05) is 11.8 Å². The number of guanidine groups is 1. The quantitative estimate of drug-likeness (QED) is 0.403. The van der Waals surface area contributed by atoms with Crippen molar-refractivity contribution in [3.8, 4) is 5.88 Å². The highest BCUT2D eigenvalue weighted by Crippen LogP contribution is 2.11. The van der Waals surface area contributed by atoms with Crippen molar-refractivity contribution < 1.29 is 13.5 Å². The number of pyridine rings is 1. The molecule has 2 aromatic rings. The molecule has 0 spiro atoms. The number of anilines is 1. The molecule has 0 bridgehead atoms. The molecule has 3 N–H and O–H groups in total. The molecule has 1 aromatic carbocycles. The van der Waals surface area contributed by atoms with E-state index in [1.165, 1.54) is 6.07 Å². The molecule has 5 nitrogen and oxygen atoms in total. The maximum absolute atomic E-state index is 12.1. The van der Waals surface area contributed by atoms with Crippen LogP contribution in [0.3, 0.4) is 0 Å². The van der Waals surface area contributed by atoms with Crippen LogP contribution in [0.5, 0.6) is 5.88 Å². The molecule has 0 unspecified atom stereocenters. The zero-order chi connectivity index (χ0) is 16.7. The van der Waals surface area contributed by atoms with E-state index in [0.717, 1.165) is 11.3 Å². The molecule has 0 aliphatic heterocycles. The molecule has 0 saturated heterocycles. The lowest BCUT2D eigenvalue weighted by atomic mass is 10.2. The van der Waals surface area contributed by atoms with Crippen molar-refractivity contribution in [2.75, 3.05) is 11.9 Å². The summed E-state index contributed by atoms with van der Waals surface area (Å²) in [6, 6.07) is 12.6. The number of hydrogen-bond acceptors (Lipinski definition) is 3. The van der Waals surface area contributed by atoms with E-state index in [-0.39, 0.29) is 42.4 Å². The molecule has 0 saturated carbocycles. The Kier molecular flexibility index (Phi) is 8.37. The number of alkyl halides is 2. The minimum absolute atomic E-state index is 0. The standard InChI is InChI=1S/C16H18F2N4O.HI/c1-11-4-2-5-12(8-11)22-16(19)20-9-13-6-3-7-15(21-13)23-10-14(17)18;/h2-8,14H,9-10H2,1H3,(H3,19,20,22);1H. The van der Waals surface area contributed by atoms with Gasteiger partial charge in [-0.2, -0.15) is 0 Å². The van der Waals surface area contributed by atoms with Gasteiger partial charge in [0.15, 0.2) is 12.6 Å². The summed E-state index contributed by atoms with van der Waals surface area (Å²) in [5.74, 6) is 0.388. The number of ether oxygens (including phenoxy) is 1. The van der Waals surface area contributed by atoms with Gasteiger partial charge in [-0.1, -0.05) is 18.2 Å². The van der Waals surface area contributed by atoms with Crippen LogP contribution in [-0.2, 0) is 6.54 Å². The largest absolute Gasteiger partial charge is 0.472 e. The zero-order valence-electron chi connectivity index (χ0n) is 13.1. The summed E-state index contributed by atoms with van der Waals surface area (Å²) >= 11 is 0. The Labute approximate surface area is 156 Å². The van der Waals surface area contributed by atoms with E-state index in [2.05, 4.69) is 15.3 Å². The number of aliphatic imine (C=N–C) groups is 1. The lowest BCUT2D eigenvalue weighted by molar-refractivity contribution is 0.0795. The second-order valence-electron chi connectivity index (χ2n) is 4.87. The van der Waals surface area contributed by atoms with Crippen molar-refractivity contribution in [1.29, 1.82) is 0 Å². The first kappa shape index (κ1) is 20.1. The normalized spacial score (nSPS) is 11.1. The monoisotopic (exact) mass is 448 g/mol. The molecule has 1 aromatic heterocycles. The summed E-state index contributed by atoms with van der Waals surface area (Å²) in [7, 11) is 0. The summed E-state index contributed by atoms with van der Waals surface area (Å²) < 4.78 is 29.1. The topological polar surface area (TPSA) is 72.5 Å². The molecular formula is C16H19F2IN4O. The smallest absolute Gasteiger partial charge is 0.272 e. The summed E-state index contributed by atoms with van der Waals surface area (Å²) in [4.78, 5) is 8.26. The number of halogens is 3. The van der Waals surface area contributed by atoms with E-state index in [9.17, 15) is 8.78 Å². The molecule has 8 heteroatoms. The van der Waals surface area contributed by atoms with Crippen molar-refractivity contribution in [1.82, 2.24) is 4.98 Å². The van der Waals surface area contributed by atoms with E-state index in [4.69, 9.17) is 10.5 Å². The Morgan fingerprint density at radius 1 is 1.29 bits per heavy atom. The Balaban J connectivity index is 0.00000288. The van der Waals surface area contributed by atoms with Crippen molar-refractivity contribution in [2.45, 2.75) is 19.9 Å². The molecule has 2 rings (SSSR count). The van der Waals surface area contributed by atoms with Gasteiger partial charge in [0.05, 0.1) is 12.2 Å². The van der Waals surface area contributed by atoms with Crippen molar-refractivity contribution in [3.05, 3.63) is 53.7 Å². The first-order valence-corrected chi connectivity index (χ1v) is 7.03. The van der Waals surface area contributed by atoms with Crippen LogP contribution in [0.1, 0.15) is 11.3 Å². The highest BCUT2D eigenvalue weighted by Gasteiger charge is 2.05. The summed E-state index contributed by atoms with van der Waals surface area (Å²) in [5.41, 5.74) is 8.34. The Bertz CT molecular complexity index is 683. The number of hydrogen-bond donors (Lipinski definition) is 2. The van der Waals surface area contributed by atoms with Gasteiger partial charge in [0.1, 0.15) is 0 Å². The van der Waals surface area contributed by atoms with Gasteiger partial charge in [-0.05, 0) is 30.7 Å². The molecule has 0 radical (unpaired) electrons. The minimum Gasteiger partial charge on any atom is -0.472 e. The fraction of sp³-hybridized carbons (Fsp3) is 0.250. The highest BCUT2D eigenvalue weighted by molar-refractivity contribution is 14.0. The second-order valence-corrected chi connectivity index (χ2v) is 4.87. The van der Waals surface area contributed by atoms with Crippen molar-refractivity contribution >= 4 is 35.6 Å². The fourth-order valence-corrected chi connectivity index (χ4v) is 1.85. The number of nitrogens with zero attached hydrogens (tertiary/aromatic N) is 2. The Morgan fingerprint density at radius 2 is 2.04 bits per heavy atom. The van der Waals surface area contributed by atoms with Crippen molar-refractivity contribution in [3.63, 3.8) is 0 Å². The first-order chi connectivity index (χ1) is 11.0. The molecule has 24 heavy (non-hydrogen) atoms. The third-order valence-electron chi connectivity index (χ3n) is 2.84. The van der Waals surface area contributed by atoms with Crippen LogP contribution in [0.15, 0.2) is 47.5 Å². The molecule has 1 heterocycles. The third-order valence-corrected chi connectivity index (χ3v) is 2.84. The fourth-order valence-electron chi connectivity index (χ4n) is 1.85. The lowest BCUT2D eigenvalue weighted by Gasteiger charge is -2.07. The SMILES string of the molecule is Cc1cccc(NC(N)=NCc2cccc(OCC(F)F)n2)c1.I. The first-order valence-electron chi connectivity index (χ1n) is 7.03. The van der Waals surface area contributed by atoms with Crippen LogP contribution in [0.25, 0.3) is 0 Å². The van der Waals surface area contributed by atoms with Crippen LogP contribution in [0, 0.1) is 6.92 Å². The summed E-state index contributed by atoms with van der Waals surface area (Å²) in [5, 5.41) is 2.98. The Morgan fingerprint density at radius 3 is 2.75 bits per heavy atom. The number of nitrogens with two attached hydrogens (primary N) is 1. The van der Waals surface area contributed by atoms with Gasteiger partial charge >= 0.3 is 0 Å². The number of aryl methyl sites for hydroxylation is 1. The van der Waals surface area contributed by atoms with Crippen LogP contribution in [-0.4, -0.2) is 24.0 Å². The van der Waals surface area contributed by atoms with E-state index < -0.39 is 13.0 Å². The van der Waals surface area contributed by atoms with E-state index in [1.807, 2.05) is 31.2 Å². The number of benzene rings is 1. The van der Waals surface area contributed by atoms with Gasteiger partial charge in [-0.3, -0.25) is 0 Å². The minimum atomic E-state index is -2.53. The zero-order valence-corrected chi connectivity index (χ0v) is 15.4. The highest BCUT2D eigenvalue weighted by atomic mass is 127. The maximum atomic E-state index is 12.1. The third kappa shape index (κ3) is 7.07. The Hall–Kier alpha value is -1.97. The van der Waals surface area contributed by atoms with Crippen LogP contribution < -0.4 is 15.8 Å². The van der Waals surface area contributed by atoms with Gasteiger partial charge in [-0.25, -0.2) is 18.8 Å². The van der Waals surface area contributed by atoms with E-state index >= 15 is 0 Å². The molecular weight excluding hydrogens is 429 g/mol. The number of rotatable bonds is 6. The van der Waals surface area contributed by atoms with Crippen LogP contribution in [0.2, 0.25) is 0 Å². The molecule has 130 valence electrons. The van der Waals surface area contributed by atoms with Gasteiger partial charge in [-0.15, -0.1) is 24.0 Å². The average molecular weight is 448 g/mol.